The van der Waals surface area contributed by atoms with Crippen LogP contribution in [0.25, 0.3) is 21.2 Å². The Morgan fingerprint density at radius 2 is 1.94 bits per heavy atom. The van der Waals surface area contributed by atoms with E-state index in [9.17, 15) is 9.59 Å². The average Bonchev–Trinajstić information content (AvgIpc) is 3.07. The van der Waals surface area contributed by atoms with E-state index in [1.165, 1.54) is 16.5 Å². The summed E-state index contributed by atoms with van der Waals surface area (Å²) in [6.45, 7) is 5.67. The van der Waals surface area contributed by atoms with E-state index >= 15 is 0 Å². The highest BCUT2D eigenvalue weighted by atomic mass is 32.1. The van der Waals surface area contributed by atoms with E-state index in [2.05, 4.69) is 28.7 Å². The number of nitrogens with zero attached hydrogens (tertiary/aromatic N) is 3. The van der Waals surface area contributed by atoms with Gasteiger partial charge in [-0.1, -0.05) is 0 Å². The lowest BCUT2D eigenvalue weighted by Gasteiger charge is -2.32. The van der Waals surface area contributed by atoms with Gasteiger partial charge in [-0.2, -0.15) is 0 Å². The van der Waals surface area contributed by atoms with Gasteiger partial charge < -0.3 is 14.1 Å². The molecule has 0 spiro atoms. The summed E-state index contributed by atoms with van der Waals surface area (Å²) in [5.74, 6) is 0.893. The van der Waals surface area contributed by atoms with E-state index in [-0.39, 0.29) is 11.9 Å². The first-order valence-corrected chi connectivity index (χ1v) is 11.0. The quantitative estimate of drug-likeness (QED) is 0.270. The number of aromatic nitrogens is 2. The van der Waals surface area contributed by atoms with E-state index in [1.807, 2.05) is 0 Å². The molecule has 0 bridgehead atoms. The van der Waals surface area contributed by atoms with Crippen molar-refractivity contribution in [2.75, 3.05) is 18.0 Å². The van der Waals surface area contributed by atoms with E-state index in [0.29, 0.717) is 24.2 Å². The third kappa shape index (κ3) is 3.67. The van der Waals surface area contributed by atoms with Gasteiger partial charge in [-0.3, -0.25) is 4.79 Å². The van der Waals surface area contributed by atoms with Crippen molar-refractivity contribution < 1.29 is 13.9 Å². The van der Waals surface area contributed by atoms with Gasteiger partial charge in [0.2, 0.25) is 0 Å². The Bertz CT molecular complexity index is 1350. The summed E-state index contributed by atoms with van der Waals surface area (Å²) in [4.78, 5) is 37.6. The second-order valence-electron chi connectivity index (χ2n) is 7.80. The van der Waals surface area contributed by atoms with Crippen LogP contribution in [0.3, 0.4) is 0 Å². The number of rotatable bonds is 3. The first-order valence-electron chi connectivity index (χ1n) is 10.2. The number of thiophene rings is 1. The molecule has 0 radical (unpaired) electrons. The fraction of sp³-hybridized carbons (Fsp3) is 0.304. The molecule has 1 fully saturated rings. The number of carbonyl (C=O) groups excluding carboxylic acids is 1. The molecule has 158 valence electrons. The second-order valence-corrected chi connectivity index (χ2v) is 9.00. The predicted octanol–water partition coefficient (Wildman–Crippen LogP) is 4.24. The number of anilines is 1. The van der Waals surface area contributed by atoms with Crippen molar-refractivity contribution in [3.8, 4) is 5.75 Å². The van der Waals surface area contributed by atoms with Crippen LogP contribution in [0.2, 0.25) is 0 Å². The van der Waals surface area contributed by atoms with E-state index in [1.54, 1.807) is 41.9 Å². The van der Waals surface area contributed by atoms with Crippen molar-refractivity contribution in [1.29, 1.82) is 0 Å². The number of ether oxygens (including phenoxy) is 1. The van der Waals surface area contributed by atoms with Crippen molar-refractivity contribution in [2.24, 2.45) is 5.92 Å². The zero-order valence-corrected chi connectivity index (χ0v) is 18.1. The van der Waals surface area contributed by atoms with E-state index in [0.717, 1.165) is 34.5 Å². The highest BCUT2D eigenvalue weighted by molar-refractivity contribution is 7.18. The molecule has 0 atom stereocenters. The van der Waals surface area contributed by atoms with Gasteiger partial charge in [0, 0.05) is 35.5 Å². The predicted molar refractivity (Wildman–Crippen MR) is 120 cm³/mol. The zero-order chi connectivity index (χ0) is 21.5. The molecule has 0 unspecified atom stereocenters. The first-order chi connectivity index (χ1) is 15.0. The topological polar surface area (TPSA) is 85.5 Å². The number of carbonyl (C=O) groups is 1. The molecule has 31 heavy (non-hydrogen) atoms. The van der Waals surface area contributed by atoms with Gasteiger partial charge in [-0.25, -0.2) is 14.8 Å². The molecule has 0 saturated carbocycles. The van der Waals surface area contributed by atoms with Crippen LogP contribution in [0.5, 0.6) is 5.75 Å². The monoisotopic (exact) mass is 435 g/mol. The van der Waals surface area contributed by atoms with Crippen LogP contribution in [0.15, 0.2) is 45.9 Å². The summed E-state index contributed by atoms with van der Waals surface area (Å²) in [7, 11) is 0. The number of piperidine rings is 1. The molecule has 0 amide bonds. The fourth-order valence-corrected chi connectivity index (χ4v) is 5.03. The Hall–Kier alpha value is -3.26. The molecular formula is C23H21N3O4S. The van der Waals surface area contributed by atoms with Gasteiger partial charge in [0.05, 0.1) is 11.3 Å². The summed E-state index contributed by atoms with van der Waals surface area (Å²) in [6, 6.07) is 8.13. The maximum atomic E-state index is 12.7. The van der Waals surface area contributed by atoms with Crippen LogP contribution in [-0.4, -0.2) is 29.0 Å². The minimum Gasteiger partial charge on any atom is -0.426 e. The highest BCUT2D eigenvalue weighted by Crippen LogP contribution is 2.35. The number of aryl methyl sites for hydroxylation is 2. The molecule has 3 aromatic heterocycles. The molecule has 8 heteroatoms. The Morgan fingerprint density at radius 3 is 2.74 bits per heavy atom. The van der Waals surface area contributed by atoms with Crippen molar-refractivity contribution in [3.63, 3.8) is 0 Å². The number of esters is 1. The lowest BCUT2D eigenvalue weighted by molar-refractivity contribution is -0.139. The van der Waals surface area contributed by atoms with Gasteiger partial charge in [-0.15, -0.1) is 11.3 Å². The Balaban J connectivity index is 1.29. The molecular weight excluding hydrogens is 414 g/mol. The molecule has 0 N–H and O–H groups in total. The number of hydrogen-bond donors (Lipinski definition) is 0. The smallest absolute Gasteiger partial charge is 0.336 e. The summed E-state index contributed by atoms with van der Waals surface area (Å²) in [5, 5.41) is 1.89. The lowest BCUT2D eigenvalue weighted by Crippen LogP contribution is -2.38. The third-order valence-electron chi connectivity index (χ3n) is 5.89. The highest BCUT2D eigenvalue weighted by Gasteiger charge is 2.28. The second kappa shape index (κ2) is 7.77. The van der Waals surface area contributed by atoms with Crippen molar-refractivity contribution >= 4 is 44.3 Å². The fourth-order valence-electron chi connectivity index (χ4n) is 4.03. The Labute approximate surface area is 182 Å². The SMILES string of the molecule is Cc1sc2ncnc(N3CCC(C(=O)Oc4ccc5ccc(=O)oc5c4)CC3)c2c1C. The van der Waals surface area contributed by atoms with Crippen LogP contribution in [0, 0.1) is 19.8 Å². The molecule has 0 aliphatic carbocycles. The van der Waals surface area contributed by atoms with Crippen LogP contribution in [0.4, 0.5) is 5.82 Å². The average molecular weight is 436 g/mol. The molecule has 1 aliphatic rings. The van der Waals surface area contributed by atoms with Gasteiger partial charge >= 0.3 is 11.6 Å². The molecule has 4 heterocycles. The first kappa shape index (κ1) is 19.7. The third-order valence-corrected chi connectivity index (χ3v) is 7.00. The maximum absolute atomic E-state index is 12.7. The summed E-state index contributed by atoms with van der Waals surface area (Å²) >= 11 is 1.69. The van der Waals surface area contributed by atoms with Gasteiger partial charge in [0.25, 0.3) is 0 Å². The standard InChI is InChI=1S/C23H21N3O4S/c1-13-14(2)31-22-20(13)21(24-12-25-22)26-9-7-16(8-10-26)23(28)29-17-5-3-15-4-6-19(27)30-18(15)11-17/h3-6,11-12,16H,7-10H2,1-2H3. The molecule has 1 saturated heterocycles. The zero-order valence-electron chi connectivity index (χ0n) is 17.3. The maximum Gasteiger partial charge on any atom is 0.336 e. The van der Waals surface area contributed by atoms with Crippen LogP contribution >= 0.6 is 11.3 Å². The summed E-state index contributed by atoms with van der Waals surface area (Å²) in [5.41, 5.74) is 1.19. The minimum atomic E-state index is -0.432. The van der Waals surface area contributed by atoms with E-state index in [4.69, 9.17) is 9.15 Å². The van der Waals surface area contributed by atoms with Crippen LogP contribution in [-0.2, 0) is 4.79 Å². The Kier molecular flexibility index (Phi) is 4.94. The minimum absolute atomic E-state index is 0.183. The molecule has 1 aromatic carbocycles. The van der Waals surface area contributed by atoms with Crippen molar-refractivity contribution in [1.82, 2.24) is 9.97 Å². The summed E-state index contributed by atoms with van der Waals surface area (Å²) < 4.78 is 10.8. The van der Waals surface area contributed by atoms with Crippen LogP contribution < -0.4 is 15.3 Å². The normalized spacial score (nSPS) is 15.0. The van der Waals surface area contributed by atoms with Gasteiger partial charge in [0.1, 0.15) is 28.3 Å². The van der Waals surface area contributed by atoms with Crippen molar-refractivity contribution in [2.45, 2.75) is 26.7 Å². The van der Waals surface area contributed by atoms with Crippen molar-refractivity contribution in [3.05, 3.63) is 57.5 Å². The largest absolute Gasteiger partial charge is 0.426 e. The molecule has 5 rings (SSSR count). The lowest BCUT2D eigenvalue weighted by atomic mass is 9.96. The Morgan fingerprint density at radius 1 is 1.16 bits per heavy atom. The molecule has 4 aromatic rings. The van der Waals surface area contributed by atoms with Crippen LogP contribution in [0.1, 0.15) is 23.3 Å². The molecule has 1 aliphatic heterocycles. The van der Waals surface area contributed by atoms with Gasteiger partial charge in [0.15, 0.2) is 0 Å². The number of benzene rings is 1. The number of fused-ring (bicyclic) bond motifs is 2. The van der Waals surface area contributed by atoms with E-state index < -0.39 is 5.63 Å². The molecule has 7 nitrogen and oxygen atoms in total. The number of hydrogen-bond acceptors (Lipinski definition) is 8. The summed E-state index contributed by atoms with van der Waals surface area (Å²) in [6.07, 6.45) is 3.00. The van der Waals surface area contributed by atoms with Gasteiger partial charge in [-0.05, 0) is 50.5 Å².